The average molecular weight is 373 g/mol. The summed E-state index contributed by atoms with van der Waals surface area (Å²) in [4.78, 5) is 14.4. The van der Waals surface area contributed by atoms with Crippen LogP contribution in [0.4, 0.5) is 10.1 Å². The zero-order valence-corrected chi connectivity index (χ0v) is 16.2. The lowest BCUT2D eigenvalue weighted by molar-refractivity contribution is 0.0936. The maximum atomic E-state index is 13.7. The SMILES string of the molecule is CC.COCN(C(=O)c1ccn2ncc(C)c2c1)c1ccc(F)c(OC)c1. The first-order valence-electron chi connectivity index (χ1n) is 8.63. The maximum absolute atomic E-state index is 13.7. The van der Waals surface area contributed by atoms with Crippen LogP contribution in [0.5, 0.6) is 5.75 Å². The summed E-state index contributed by atoms with van der Waals surface area (Å²) in [5.74, 6) is -0.695. The molecule has 0 radical (unpaired) electrons. The van der Waals surface area contributed by atoms with E-state index in [1.165, 1.54) is 37.3 Å². The van der Waals surface area contributed by atoms with Gasteiger partial charge in [0.05, 0.1) is 24.5 Å². The van der Waals surface area contributed by atoms with Gasteiger partial charge in [-0.2, -0.15) is 5.10 Å². The standard InChI is InChI=1S/C18H18FN3O3.C2H6/c1-12-10-20-22-7-6-13(8-16(12)22)18(23)21(11-24-2)14-4-5-15(19)17(9-14)25-3;1-2/h4-10H,11H2,1-3H3;1-2H3. The number of hydrogen-bond acceptors (Lipinski definition) is 4. The first-order chi connectivity index (χ1) is 13.0. The van der Waals surface area contributed by atoms with Crippen molar-refractivity contribution in [1.29, 1.82) is 0 Å². The van der Waals surface area contributed by atoms with Gasteiger partial charge in [-0.15, -0.1) is 0 Å². The van der Waals surface area contributed by atoms with E-state index in [-0.39, 0.29) is 18.4 Å². The molecule has 0 N–H and O–H groups in total. The Hall–Kier alpha value is -2.93. The molecule has 1 aromatic carbocycles. The molecule has 0 spiro atoms. The molecule has 0 saturated carbocycles. The Kier molecular flexibility index (Phi) is 6.90. The summed E-state index contributed by atoms with van der Waals surface area (Å²) >= 11 is 0. The van der Waals surface area contributed by atoms with Crippen molar-refractivity contribution < 1.29 is 18.7 Å². The van der Waals surface area contributed by atoms with Gasteiger partial charge in [-0.05, 0) is 36.8 Å². The lowest BCUT2D eigenvalue weighted by Crippen LogP contribution is -2.32. The quantitative estimate of drug-likeness (QED) is 0.633. The van der Waals surface area contributed by atoms with Gasteiger partial charge in [-0.25, -0.2) is 8.91 Å². The second-order valence-electron chi connectivity index (χ2n) is 5.54. The number of fused-ring (bicyclic) bond motifs is 1. The van der Waals surface area contributed by atoms with Crippen LogP contribution in [0.3, 0.4) is 0 Å². The number of carbonyl (C=O) groups is 1. The summed E-state index contributed by atoms with van der Waals surface area (Å²) in [7, 11) is 2.87. The molecule has 0 aliphatic heterocycles. The van der Waals surface area contributed by atoms with Crippen molar-refractivity contribution in [3.63, 3.8) is 0 Å². The second-order valence-corrected chi connectivity index (χ2v) is 5.54. The number of amides is 1. The Morgan fingerprint density at radius 2 is 1.96 bits per heavy atom. The number of aromatic nitrogens is 2. The first-order valence-corrected chi connectivity index (χ1v) is 8.63. The Labute approximate surface area is 158 Å². The fourth-order valence-electron chi connectivity index (χ4n) is 2.59. The van der Waals surface area contributed by atoms with Crippen LogP contribution in [-0.2, 0) is 4.74 Å². The van der Waals surface area contributed by atoms with Crippen LogP contribution in [0.25, 0.3) is 5.52 Å². The van der Waals surface area contributed by atoms with E-state index >= 15 is 0 Å². The van der Waals surface area contributed by atoms with Crippen molar-refractivity contribution in [3.05, 3.63) is 59.7 Å². The number of anilines is 1. The van der Waals surface area contributed by atoms with E-state index in [2.05, 4.69) is 5.10 Å². The van der Waals surface area contributed by atoms with Gasteiger partial charge >= 0.3 is 0 Å². The topological polar surface area (TPSA) is 56.1 Å². The number of halogens is 1. The molecule has 0 atom stereocenters. The largest absolute Gasteiger partial charge is 0.494 e. The van der Waals surface area contributed by atoms with Crippen LogP contribution in [0, 0.1) is 12.7 Å². The summed E-state index contributed by atoms with van der Waals surface area (Å²) in [5, 5.41) is 4.20. The van der Waals surface area contributed by atoms with Crippen LogP contribution in [-0.4, -0.2) is 36.5 Å². The van der Waals surface area contributed by atoms with Crippen molar-refractivity contribution in [2.45, 2.75) is 20.8 Å². The number of aryl methyl sites for hydroxylation is 1. The molecule has 2 heterocycles. The van der Waals surface area contributed by atoms with E-state index in [1.54, 1.807) is 29.0 Å². The number of ether oxygens (including phenoxy) is 2. The van der Waals surface area contributed by atoms with Gasteiger partial charge < -0.3 is 9.47 Å². The molecule has 0 fully saturated rings. The monoisotopic (exact) mass is 373 g/mol. The van der Waals surface area contributed by atoms with Crippen LogP contribution in [0.2, 0.25) is 0 Å². The molecular formula is C20H24FN3O3. The van der Waals surface area contributed by atoms with E-state index in [1.807, 2.05) is 20.8 Å². The lowest BCUT2D eigenvalue weighted by Gasteiger charge is -2.22. The molecule has 0 bridgehead atoms. The molecule has 0 unspecified atom stereocenters. The Balaban J connectivity index is 0.00000126. The number of methoxy groups -OCH3 is 2. The molecule has 1 amide bonds. The minimum atomic E-state index is -0.493. The van der Waals surface area contributed by atoms with Gasteiger partial charge in [0, 0.05) is 24.9 Å². The van der Waals surface area contributed by atoms with E-state index in [0.717, 1.165) is 11.1 Å². The zero-order valence-electron chi connectivity index (χ0n) is 16.2. The molecule has 3 aromatic rings. The molecule has 2 aromatic heterocycles. The summed E-state index contributed by atoms with van der Waals surface area (Å²) in [6.07, 6.45) is 3.47. The smallest absolute Gasteiger partial charge is 0.260 e. The van der Waals surface area contributed by atoms with Crippen molar-refractivity contribution in [3.8, 4) is 5.75 Å². The highest BCUT2D eigenvalue weighted by molar-refractivity contribution is 6.06. The highest BCUT2D eigenvalue weighted by Crippen LogP contribution is 2.26. The molecule has 0 saturated heterocycles. The normalized spacial score (nSPS) is 10.3. The third-order valence-electron chi connectivity index (χ3n) is 3.91. The number of benzene rings is 1. The molecule has 144 valence electrons. The number of pyridine rings is 1. The van der Waals surface area contributed by atoms with Gasteiger partial charge in [0.1, 0.15) is 6.73 Å². The molecule has 0 aliphatic rings. The molecule has 7 heteroatoms. The van der Waals surface area contributed by atoms with E-state index in [4.69, 9.17) is 9.47 Å². The van der Waals surface area contributed by atoms with E-state index in [9.17, 15) is 9.18 Å². The Bertz CT molecular complexity index is 924. The molecule has 27 heavy (non-hydrogen) atoms. The summed E-state index contributed by atoms with van der Waals surface area (Å²) in [6.45, 7) is 5.95. The third-order valence-corrected chi connectivity index (χ3v) is 3.91. The predicted octanol–water partition coefficient (Wildman–Crippen LogP) is 4.07. The fraction of sp³-hybridized carbons (Fsp3) is 0.300. The minimum absolute atomic E-state index is 0.0248. The highest BCUT2D eigenvalue weighted by atomic mass is 19.1. The Morgan fingerprint density at radius 1 is 1.22 bits per heavy atom. The summed E-state index contributed by atoms with van der Waals surface area (Å²) in [5.41, 5.74) is 2.78. The number of carbonyl (C=O) groups excluding carboxylic acids is 1. The van der Waals surface area contributed by atoms with E-state index < -0.39 is 5.82 Å². The van der Waals surface area contributed by atoms with Crippen molar-refractivity contribution in [2.24, 2.45) is 0 Å². The van der Waals surface area contributed by atoms with Gasteiger partial charge in [0.25, 0.3) is 5.91 Å². The van der Waals surface area contributed by atoms with Crippen molar-refractivity contribution in [2.75, 3.05) is 25.9 Å². The first kappa shape index (κ1) is 20.4. The lowest BCUT2D eigenvalue weighted by atomic mass is 10.1. The maximum Gasteiger partial charge on any atom is 0.260 e. The summed E-state index contributed by atoms with van der Waals surface area (Å²) < 4.78 is 25.5. The second kappa shape index (κ2) is 9.14. The van der Waals surface area contributed by atoms with Crippen LogP contribution >= 0.6 is 0 Å². The van der Waals surface area contributed by atoms with Gasteiger partial charge in [0.2, 0.25) is 0 Å². The molecule has 3 rings (SSSR count). The van der Waals surface area contributed by atoms with Crippen LogP contribution in [0.1, 0.15) is 29.8 Å². The van der Waals surface area contributed by atoms with E-state index in [0.29, 0.717) is 11.3 Å². The average Bonchev–Trinajstić information content (AvgIpc) is 3.08. The zero-order chi connectivity index (χ0) is 20.0. The van der Waals surface area contributed by atoms with Gasteiger partial charge in [-0.3, -0.25) is 9.69 Å². The van der Waals surface area contributed by atoms with Gasteiger partial charge in [-0.1, -0.05) is 13.8 Å². The minimum Gasteiger partial charge on any atom is -0.494 e. The molecule has 0 aliphatic carbocycles. The third kappa shape index (κ3) is 4.25. The van der Waals surface area contributed by atoms with Gasteiger partial charge in [0.15, 0.2) is 11.6 Å². The highest BCUT2D eigenvalue weighted by Gasteiger charge is 2.20. The predicted molar refractivity (Wildman–Crippen MR) is 103 cm³/mol. The number of hydrogen-bond donors (Lipinski definition) is 0. The summed E-state index contributed by atoms with van der Waals surface area (Å²) in [6, 6.07) is 7.69. The fourth-order valence-corrected chi connectivity index (χ4v) is 2.59. The number of rotatable bonds is 5. The van der Waals surface area contributed by atoms with Crippen molar-refractivity contribution in [1.82, 2.24) is 9.61 Å². The molecule has 6 nitrogen and oxygen atoms in total. The molecular weight excluding hydrogens is 349 g/mol. The Morgan fingerprint density at radius 3 is 2.63 bits per heavy atom. The number of nitrogens with zero attached hydrogens (tertiary/aromatic N) is 3. The van der Waals surface area contributed by atoms with Crippen molar-refractivity contribution >= 4 is 17.1 Å². The van der Waals surface area contributed by atoms with Crippen LogP contribution < -0.4 is 9.64 Å². The van der Waals surface area contributed by atoms with Crippen LogP contribution in [0.15, 0.2) is 42.7 Å².